The molecule has 0 unspecified atom stereocenters. The summed E-state index contributed by atoms with van der Waals surface area (Å²) in [5, 5.41) is 3.07. The first-order valence-electron chi connectivity index (χ1n) is 6.18. The van der Waals surface area contributed by atoms with E-state index in [1.165, 1.54) is 0 Å². The fraction of sp³-hybridized carbons (Fsp3) is 0.267. The van der Waals surface area contributed by atoms with Gasteiger partial charge in [0.05, 0.1) is 12.3 Å². The highest BCUT2D eigenvalue weighted by Gasteiger charge is 2.01. The van der Waals surface area contributed by atoms with Crippen molar-refractivity contribution in [1.82, 2.24) is 10.3 Å². The number of nitrogens with one attached hydrogen (secondary N) is 1. The normalized spacial score (nSPS) is 10.4. The average molecular weight is 258 g/mol. The molecule has 0 fully saturated rings. The van der Waals surface area contributed by atoms with Crippen LogP contribution in [0, 0.1) is 0 Å². The van der Waals surface area contributed by atoms with Gasteiger partial charge in [-0.2, -0.15) is 0 Å². The Labute approximate surface area is 113 Å². The van der Waals surface area contributed by atoms with Crippen LogP contribution in [-0.2, 0) is 17.9 Å². The molecule has 0 bridgehead atoms. The number of rotatable bonds is 6. The molecule has 0 radical (unpaired) electrons. The average Bonchev–Trinajstić information content (AvgIpc) is 2.40. The van der Waals surface area contributed by atoms with E-state index in [0.29, 0.717) is 12.5 Å². The third kappa shape index (κ3) is 4.05. The van der Waals surface area contributed by atoms with Gasteiger partial charge >= 0.3 is 0 Å². The van der Waals surface area contributed by atoms with Crippen molar-refractivity contribution in [2.45, 2.75) is 13.2 Å². The van der Waals surface area contributed by atoms with Crippen LogP contribution in [0.3, 0.4) is 0 Å². The second-order valence-corrected chi connectivity index (χ2v) is 4.18. The molecule has 0 saturated carbocycles. The molecule has 1 heterocycles. The van der Waals surface area contributed by atoms with Crippen molar-refractivity contribution in [3.63, 3.8) is 0 Å². The van der Waals surface area contributed by atoms with Gasteiger partial charge in [0.15, 0.2) is 0 Å². The number of aromatic nitrogens is 1. The molecule has 4 nitrogen and oxygen atoms in total. The van der Waals surface area contributed by atoms with Gasteiger partial charge in [-0.05, 0) is 30.8 Å². The Morgan fingerprint density at radius 2 is 2.00 bits per heavy atom. The molecule has 4 heteroatoms. The van der Waals surface area contributed by atoms with E-state index >= 15 is 0 Å². The highest BCUT2D eigenvalue weighted by atomic mass is 16.5. The van der Waals surface area contributed by atoms with Crippen molar-refractivity contribution in [2.24, 2.45) is 0 Å². The minimum atomic E-state index is 0.574. The van der Waals surface area contributed by atoms with Gasteiger partial charge < -0.3 is 14.8 Å². The molecule has 1 N–H and O–H groups in total. The molecule has 2 aromatic rings. The Kier molecular flexibility index (Phi) is 4.89. The smallest absolute Gasteiger partial charge is 0.219 e. The summed E-state index contributed by atoms with van der Waals surface area (Å²) in [6.45, 7) is 1.30. The van der Waals surface area contributed by atoms with Crippen molar-refractivity contribution < 1.29 is 9.47 Å². The van der Waals surface area contributed by atoms with Gasteiger partial charge in [0.2, 0.25) is 5.88 Å². The molecule has 1 aromatic carbocycles. The highest BCUT2D eigenvalue weighted by Crippen LogP contribution is 2.21. The van der Waals surface area contributed by atoms with E-state index in [4.69, 9.17) is 9.47 Å². The lowest BCUT2D eigenvalue weighted by Gasteiger charge is -2.08. The first kappa shape index (κ1) is 13.5. The number of nitrogens with zero attached hydrogens (tertiary/aromatic N) is 1. The zero-order chi connectivity index (χ0) is 13.5. The zero-order valence-corrected chi connectivity index (χ0v) is 11.2. The largest absolute Gasteiger partial charge is 0.439 e. The predicted octanol–water partition coefficient (Wildman–Crippen LogP) is 2.74. The van der Waals surface area contributed by atoms with E-state index in [1.807, 2.05) is 49.5 Å². The van der Waals surface area contributed by atoms with E-state index in [-0.39, 0.29) is 0 Å². The molecule has 0 aliphatic rings. The van der Waals surface area contributed by atoms with Crippen molar-refractivity contribution in [2.75, 3.05) is 14.2 Å². The van der Waals surface area contributed by atoms with Crippen LogP contribution in [-0.4, -0.2) is 19.1 Å². The molecule has 1 aromatic heterocycles. The fourth-order valence-electron chi connectivity index (χ4n) is 1.78. The quantitative estimate of drug-likeness (QED) is 0.865. The van der Waals surface area contributed by atoms with Gasteiger partial charge in [-0.3, -0.25) is 0 Å². The van der Waals surface area contributed by atoms with Crippen molar-refractivity contribution in [3.8, 4) is 11.6 Å². The molecule has 100 valence electrons. The first-order valence-corrected chi connectivity index (χ1v) is 6.18. The fourth-order valence-corrected chi connectivity index (χ4v) is 1.78. The summed E-state index contributed by atoms with van der Waals surface area (Å²) in [6, 6.07) is 13.6. The number of hydrogen-bond donors (Lipinski definition) is 1. The van der Waals surface area contributed by atoms with Crippen LogP contribution in [0.25, 0.3) is 0 Å². The van der Waals surface area contributed by atoms with Crippen LogP contribution in [0.2, 0.25) is 0 Å². The number of ether oxygens (including phenoxy) is 2. The van der Waals surface area contributed by atoms with Crippen LogP contribution < -0.4 is 10.1 Å². The summed E-state index contributed by atoms with van der Waals surface area (Å²) in [6.07, 6.45) is 0. The van der Waals surface area contributed by atoms with Gasteiger partial charge in [-0.25, -0.2) is 4.98 Å². The summed E-state index contributed by atoms with van der Waals surface area (Å²) >= 11 is 0. The van der Waals surface area contributed by atoms with E-state index in [1.54, 1.807) is 7.11 Å². The molecule has 19 heavy (non-hydrogen) atoms. The molecule has 0 saturated heterocycles. The minimum absolute atomic E-state index is 0.574. The monoisotopic (exact) mass is 258 g/mol. The van der Waals surface area contributed by atoms with Crippen LogP contribution in [0.5, 0.6) is 11.6 Å². The molecule has 2 rings (SSSR count). The van der Waals surface area contributed by atoms with Gasteiger partial charge in [0.25, 0.3) is 0 Å². The third-order valence-corrected chi connectivity index (χ3v) is 2.57. The predicted molar refractivity (Wildman–Crippen MR) is 74.2 cm³/mol. The number of hydrogen-bond acceptors (Lipinski definition) is 4. The number of methoxy groups -OCH3 is 1. The minimum Gasteiger partial charge on any atom is -0.439 e. The van der Waals surface area contributed by atoms with E-state index in [2.05, 4.69) is 10.3 Å². The molecule has 0 aliphatic carbocycles. The Hall–Kier alpha value is -1.91. The molecule has 0 amide bonds. The van der Waals surface area contributed by atoms with E-state index in [9.17, 15) is 0 Å². The Morgan fingerprint density at radius 1 is 1.16 bits per heavy atom. The maximum Gasteiger partial charge on any atom is 0.219 e. The van der Waals surface area contributed by atoms with Crippen LogP contribution in [0.15, 0.2) is 42.5 Å². The van der Waals surface area contributed by atoms with Crippen LogP contribution >= 0.6 is 0 Å². The molecule has 0 spiro atoms. The van der Waals surface area contributed by atoms with Gasteiger partial charge in [0.1, 0.15) is 5.75 Å². The number of pyridine rings is 1. The lowest BCUT2D eigenvalue weighted by Crippen LogP contribution is -2.06. The first-order chi connectivity index (χ1) is 9.31. The SMILES string of the molecule is CNCc1cccc(Oc2cccc(COC)c2)n1. The molecule has 0 aliphatic heterocycles. The molecular formula is C15H18N2O2. The topological polar surface area (TPSA) is 43.4 Å². The standard InChI is InChI=1S/C15H18N2O2/c1-16-10-13-6-4-8-15(17-13)19-14-7-3-5-12(9-14)11-18-2/h3-9,16H,10-11H2,1-2H3. The van der Waals surface area contributed by atoms with Gasteiger partial charge in [-0.1, -0.05) is 18.2 Å². The van der Waals surface area contributed by atoms with E-state index < -0.39 is 0 Å². The van der Waals surface area contributed by atoms with Gasteiger partial charge in [-0.15, -0.1) is 0 Å². The second-order valence-electron chi connectivity index (χ2n) is 4.18. The highest BCUT2D eigenvalue weighted by molar-refractivity contribution is 5.31. The van der Waals surface area contributed by atoms with Crippen molar-refractivity contribution in [3.05, 3.63) is 53.7 Å². The van der Waals surface area contributed by atoms with E-state index in [0.717, 1.165) is 23.6 Å². The third-order valence-electron chi connectivity index (χ3n) is 2.57. The lowest BCUT2D eigenvalue weighted by atomic mass is 10.2. The zero-order valence-electron chi connectivity index (χ0n) is 11.2. The summed E-state index contributed by atoms with van der Waals surface area (Å²) in [7, 11) is 3.57. The van der Waals surface area contributed by atoms with Crippen LogP contribution in [0.4, 0.5) is 0 Å². The van der Waals surface area contributed by atoms with Crippen molar-refractivity contribution >= 4 is 0 Å². The molecule has 0 atom stereocenters. The maximum absolute atomic E-state index is 5.76. The summed E-state index contributed by atoms with van der Waals surface area (Å²) < 4.78 is 10.9. The Morgan fingerprint density at radius 3 is 2.79 bits per heavy atom. The summed E-state index contributed by atoms with van der Waals surface area (Å²) in [5.41, 5.74) is 2.03. The Balaban J connectivity index is 2.11. The maximum atomic E-state index is 5.76. The van der Waals surface area contributed by atoms with Crippen LogP contribution in [0.1, 0.15) is 11.3 Å². The summed E-state index contributed by atoms with van der Waals surface area (Å²) in [5.74, 6) is 1.37. The Bertz CT molecular complexity index is 482. The van der Waals surface area contributed by atoms with Crippen molar-refractivity contribution in [1.29, 1.82) is 0 Å². The van der Waals surface area contributed by atoms with Gasteiger partial charge in [0, 0.05) is 19.7 Å². The molecular weight excluding hydrogens is 240 g/mol. The second kappa shape index (κ2) is 6.87. The summed E-state index contributed by atoms with van der Waals surface area (Å²) in [4.78, 5) is 4.42. The lowest BCUT2D eigenvalue weighted by molar-refractivity contribution is 0.184. The number of benzene rings is 1.